The molecule has 1 rings (SSSR count). The third kappa shape index (κ3) is 3.75. The van der Waals surface area contributed by atoms with Crippen molar-refractivity contribution in [3.05, 3.63) is 27.6 Å². The van der Waals surface area contributed by atoms with E-state index in [1.807, 2.05) is 13.2 Å². The summed E-state index contributed by atoms with van der Waals surface area (Å²) in [6, 6.07) is 1.09. The zero-order valence-electron chi connectivity index (χ0n) is 11.0. The molecule has 0 bridgehead atoms. The van der Waals surface area contributed by atoms with Crippen LogP contribution in [0.15, 0.2) is 22.0 Å². The van der Waals surface area contributed by atoms with Gasteiger partial charge >= 0.3 is 0 Å². The molecule has 1 heterocycles. The zero-order chi connectivity index (χ0) is 14.6. The van der Waals surface area contributed by atoms with Gasteiger partial charge in [0.15, 0.2) is 0 Å². The minimum Gasteiger partial charge on any atom is -0.326 e. The SMILES string of the molecule is CCC(CSC)N(C)S(=O)(=O)c1c[nH]c(=O)c(Cl)c1. The van der Waals surface area contributed by atoms with Crippen molar-refractivity contribution in [2.75, 3.05) is 19.1 Å². The molecule has 19 heavy (non-hydrogen) atoms. The molecule has 0 amide bonds. The number of halogens is 1. The molecule has 0 aromatic carbocycles. The Morgan fingerprint density at radius 2 is 2.16 bits per heavy atom. The number of aromatic amines is 1. The van der Waals surface area contributed by atoms with E-state index in [0.717, 1.165) is 0 Å². The number of pyridine rings is 1. The summed E-state index contributed by atoms with van der Waals surface area (Å²) in [5, 5.41) is -0.132. The Morgan fingerprint density at radius 1 is 1.53 bits per heavy atom. The van der Waals surface area contributed by atoms with Crippen LogP contribution in [0.5, 0.6) is 0 Å². The highest BCUT2D eigenvalue weighted by Gasteiger charge is 2.27. The van der Waals surface area contributed by atoms with Crippen LogP contribution in [0.1, 0.15) is 13.3 Å². The third-order valence-electron chi connectivity index (χ3n) is 2.85. The summed E-state index contributed by atoms with van der Waals surface area (Å²) >= 11 is 7.26. The van der Waals surface area contributed by atoms with Gasteiger partial charge in [0.1, 0.15) is 5.02 Å². The van der Waals surface area contributed by atoms with Crippen LogP contribution in [0.4, 0.5) is 0 Å². The van der Waals surface area contributed by atoms with E-state index in [0.29, 0.717) is 12.2 Å². The van der Waals surface area contributed by atoms with Crippen LogP contribution in [0.3, 0.4) is 0 Å². The highest BCUT2D eigenvalue weighted by molar-refractivity contribution is 7.98. The molecular weight excluding hydrogens is 308 g/mol. The first-order chi connectivity index (χ1) is 8.84. The Labute approximate surface area is 122 Å². The van der Waals surface area contributed by atoms with Crippen molar-refractivity contribution < 1.29 is 8.42 Å². The first kappa shape index (κ1) is 16.6. The lowest BCUT2D eigenvalue weighted by molar-refractivity contribution is 0.385. The van der Waals surface area contributed by atoms with Crippen LogP contribution in [-0.2, 0) is 10.0 Å². The second-order valence-electron chi connectivity index (χ2n) is 4.05. The summed E-state index contributed by atoms with van der Waals surface area (Å²) in [5.41, 5.74) is -0.501. The molecule has 0 saturated heterocycles. The van der Waals surface area contributed by atoms with Gasteiger partial charge in [0.2, 0.25) is 10.0 Å². The van der Waals surface area contributed by atoms with E-state index in [4.69, 9.17) is 11.6 Å². The van der Waals surface area contributed by atoms with Gasteiger partial charge in [-0.15, -0.1) is 0 Å². The number of hydrogen-bond donors (Lipinski definition) is 1. The number of hydrogen-bond acceptors (Lipinski definition) is 4. The Bertz CT molecular complexity index is 586. The highest BCUT2D eigenvalue weighted by Crippen LogP contribution is 2.20. The number of nitrogens with zero attached hydrogens (tertiary/aromatic N) is 1. The van der Waals surface area contributed by atoms with E-state index in [1.54, 1.807) is 18.8 Å². The molecule has 0 spiro atoms. The largest absolute Gasteiger partial charge is 0.326 e. The van der Waals surface area contributed by atoms with Gasteiger partial charge in [-0.05, 0) is 18.7 Å². The Hall–Kier alpha value is -0.500. The smallest absolute Gasteiger partial charge is 0.266 e. The predicted molar refractivity (Wildman–Crippen MR) is 79.5 cm³/mol. The highest BCUT2D eigenvalue weighted by atomic mass is 35.5. The molecule has 0 aliphatic heterocycles. The van der Waals surface area contributed by atoms with E-state index in [1.165, 1.54) is 16.6 Å². The lowest BCUT2D eigenvalue weighted by Crippen LogP contribution is -2.38. The average molecular weight is 325 g/mol. The molecule has 0 aliphatic rings. The van der Waals surface area contributed by atoms with Crippen LogP contribution in [0.2, 0.25) is 5.02 Å². The fourth-order valence-electron chi connectivity index (χ4n) is 1.62. The summed E-state index contributed by atoms with van der Waals surface area (Å²) in [5.74, 6) is 0.712. The summed E-state index contributed by atoms with van der Waals surface area (Å²) in [6.07, 6.45) is 3.82. The molecule has 108 valence electrons. The fraction of sp³-hybridized carbons (Fsp3) is 0.545. The summed E-state index contributed by atoms with van der Waals surface area (Å²) in [7, 11) is -2.11. The number of H-pyrrole nitrogens is 1. The van der Waals surface area contributed by atoms with Gasteiger partial charge in [0.25, 0.3) is 5.56 Å². The molecule has 0 saturated carbocycles. The molecule has 0 fully saturated rings. The van der Waals surface area contributed by atoms with Crippen molar-refractivity contribution in [1.82, 2.24) is 9.29 Å². The van der Waals surface area contributed by atoms with Gasteiger partial charge in [-0.3, -0.25) is 4.79 Å². The lowest BCUT2D eigenvalue weighted by atomic mass is 10.3. The molecule has 8 heteroatoms. The minimum atomic E-state index is -3.65. The van der Waals surface area contributed by atoms with Crippen molar-refractivity contribution in [2.24, 2.45) is 0 Å². The number of aromatic nitrogens is 1. The minimum absolute atomic E-state index is 0.000784. The topological polar surface area (TPSA) is 70.2 Å². The second-order valence-corrected chi connectivity index (χ2v) is 7.37. The van der Waals surface area contributed by atoms with E-state index in [-0.39, 0.29) is 16.0 Å². The summed E-state index contributed by atoms with van der Waals surface area (Å²) < 4.78 is 26.1. The van der Waals surface area contributed by atoms with E-state index in [2.05, 4.69) is 4.98 Å². The van der Waals surface area contributed by atoms with Crippen LogP contribution >= 0.6 is 23.4 Å². The van der Waals surface area contributed by atoms with Gasteiger partial charge in [-0.2, -0.15) is 16.1 Å². The Morgan fingerprint density at radius 3 is 2.63 bits per heavy atom. The third-order valence-corrected chi connectivity index (χ3v) is 5.74. The molecular formula is C11H17ClN2O3S2. The van der Waals surface area contributed by atoms with Crippen molar-refractivity contribution in [1.29, 1.82) is 0 Å². The number of rotatable bonds is 6. The maximum absolute atomic E-state index is 12.4. The maximum Gasteiger partial charge on any atom is 0.266 e. The molecule has 1 aromatic rings. The fourth-order valence-corrected chi connectivity index (χ4v) is 4.22. The van der Waals surface area contributed by atoms with E-state index in [9.17, 15) is 13.2 Å². The lowest BCUT2D eigenvalue weighted by Gasteiger charge is -2.25. The monoisotopic (exact) mass is 324 g/mol. The predicted octanol–water partition coefficient (Wildman–Crippen LogP) is 1.79. The quantitative estimate of drug-likeness (QED) is 0.866. The van der Waals surface area contributed by atoms with E-state index < -0.39 is 15.6 Å². The number of thioether (sulfide) groups is 1. The van der Waals surface area contributed by atoms with Gasteiger partial charge < -0.3 is 4.98 Å². The molecule has 1 atom stereocenters. The first-order valence-electron chi connectivity index (χ1n) is 5.69. The maximum atomic E-state index is 12.4. The Kier molecular flexibility index (Phi) is 5.91. The summed E-state index contributed by atoms with van der Waals surface area (Å²) in [6.45, 7) is 1.94. The van der Waals surface area contributed by atoms with Crippen LogP contribution in [-0.4, -0.2) is 42.8 Å². The van der Waals surface area contributed by atoms with Crippen molar-refractivity contribution >= 4 is 33.4 Å². The van der Waals surface area contributed by atoms with Crippen molar-refractivity contribution in [2.45, 2.75) is 24.3 Å². The van der Waals surface area contributed by atoms with Crippen LogP contribution in [0.25, 0.3) is 0 Å². The van der Waals surface area contributed by atoms with Gasteiger partial charge in [0.05, 0.1) is 4.90 Å². The number of nitrogens with one attached hydrogen (secondary N) is 1. The molecule has 1 unspecified atom stereocenters. The average Bonchev–Trinajstić information content (AvgIpc) is 2.38. The summed E-state index contributed by atoms with van der Waals surface area (Å²) in [4.78, 5) is 13.5. The number of sulfonamides is 1. The van der Waals surface area contributed by atoms with Crippen molar-refractivity contribution in [3.63, 3.8) is 0 Å². The van der Waals surface area contributed by atoms with Gasteiger partial charge in [-0.1, -0.05) is 18.5 Å². The Balaban J connectivity index is 3.15. The first-order valence-corrected chi connectivity index (χ1v) is 8.91. The van der Waals surface area contributed by atoms with E-state index >= 15 is 0 Å². The molecule has 0 radical (unpaired) electrons. The molecule has 5 nitrogen and oxygen atoms in total. The standard InChI is InChI=1S/C11H17ClN2O3S2/c1-4-8(7-18-3)14(2)19(16,17)9-5-10(12)11(15)13-6-9/h5-6,8H,4,7H2,1-3H3,(H,13,15). The van der Waals surface area contributed by atoms with Gasteiger partial charge in [-0.25, -0.2) is 8.42 Å². The van der Waals surface area contributed by atoms with Crippen molar-refractivity contribution in [3.8, 4) is 0 Å². The van der Waals surface area contributed by atoms with Crippen LogP contribution < -0.4 is 5.56 Å². The molecule has 0 aliphatic carbocycles. The normalized spacial score (nSPS) is 13.7. The molecule has 1 N–H and O–H groups in total. The molecule has 1 aromatic heterocycles. The van der Waals surface area contributed by atoms with Crippen LogP contribution in [0, 0.1) is 0 Å². The van der Waals surface area contributed by atoms with Gasteiger partial charge in [0, 0.05) is 25.0 Å². The zero-order valence-corrected chi connectivity index (χ0v) is 13.4. The second kappa shape index (κ2) is 6.78.